The molecule has 1 heterocycles. The summed E-state index contributed by atoms with van der Waals surface area (Å²) in [7, 11) is -3.25. The number of aromatic nitrogens is 1. The normalized spacial score (nSPS) is 18.9. The van der Waals surface area contributed by atoms with Crippen molar-refractivity contribution in [1.29, 1.82) is 0 Å². The first kappa shape index (κ1) is 9.45. The summed E-state index contributed by atoms with van der Waals surface area (Å²) in [5.41, 5.74) is 0. The minimum atomic E-state index is -3.25. The lowest BCUT2D eigenvalue weighted by molar-refractivity contribution is 0.587. The van der Waals surface area contributed by atoms with E-state index in [-0.39, 0.29) is 0 Å². The molecule has 0 aromatic carbocycles. The first-order valence-electron chi connectivity index (χ1n) is 4.47. The molecule has 1 fully saturated rings. The molecule has 76 valence electrons. The number of nitrogens with zero attached hydrogens (tertiary/aromatic N) is 1. The lowest BCUT2D eigenvalue weighted by Gasteiger charge is -2.11. The fraction of sp³-hybridized carbons (Fsp3) is 0.444. The second-order valence-electron chi connectivity index (χ2n) is 3.77. The summed E-state index contributed by atoms with van der Waals surface area (Å²) in [6.45, 7) is 1.75. The summed E-state index contributed by atoms with van der Waals surface area (Å²) < 4.78 is 25.4. The number of nitrogens with one attached hydrogen (secondary N) is 1. The van der Waals surface area contributed by atoms with Gasteiger partial charge in [0, 0.05) is 6.20 Å². The molecule has 5 heteroatoms. The van der Waals surface area contributed by atoms with E-state index in [2.05, 4.69) is 9.71 Å². The van der Waals surface area contributed by atoms with Gasteiger partial charge in [-0.2, -0.15) is 0 Å². The molecule has 1 aliphatic carbocycles. The van der Waals surface area contributed by atoms with Crippen LogP contribution in [0.4, 0.5) is 5.82 Å². The van der Waals surface area contributed by atoms with E-state index < -0.39 is 14.8 Å². The van der Waals surface area contributed by atoms with E-state index in [0.717, 1.165) is 12.8 Å². The van der Waals surface area contributed by atoms with Crippen LogP contribution in [0.15, 0.2) is 24.4 Å². The molecular weight excluding hydrogens is 200 g/mol. The Morgan fingerprint density at radius 1 is 1.43 bits per heavy atom. The van der Waals surface area contributed by atoms with E-state index in [9.17, 15) is 8.42 Å². The van der Waals surface area contributed by atoms with E-state index in [1.807, 2.05) is 0 Å². The van der Waals surface area contributed by atoms with Crippen molar-refractivity contribution in [3.63, 3.8) is 0 Å². The molecule has 1 aliphatic rings. The number of sulfonamides is 1. The van der Waals surface area contributed by atoms with E-state index in [1.165, 1.54) is 0 Å². The highest BCUT2D eigenvalue weighted by Gasteiger charge is 2.50. The third-order valence-electron chi connectivity index (χ3n) is 2.51. The second kappa shape index (κ2) is 2.95. The van der Waals surface area contributed by atoms with Gasteiger partial charge in [0.15, 0.2) is 0 Å². The van der Waals surface area contributed by atoms with E-state index in [1.54, 1.807) is 31.3 Å². The van der Waals surface area contributed by atoms with Crippen molar-refractivity contribution in [2.45, 2.75) is 24.5 Å². The van der Waals surface area contributed by atoms with Gasteiger partial charge in [0.1, 0.15) is 5.82 Å². The number of hydrogen-bond donors (Lipinski definition) is 1. The minimum Gasteiger partial charge on any atom is -0.267 e. The zero-order valence-electron chi connectivity index (χ0n) is 7.90. The predicted octanol–water partition coefficient (Wildman–Crippen LogP) is 1.38. The monoisotopic (exact) mass is 212 g/mol. The molecule has 4 nitrogen and oxygen atoms in total. The molecule has 0 radical (unpaired) electrons. The van der Waals surface area contributed by atoms with E-state index in [4.69, 9.17) is 0 Å². The van der Waals surface area contributed by atoms with Gasteiger partial charge in [0.05, 0.1) is 4.75 Å². The molecule has 1 aromatic heterocycles. The summed E-state index contributed by atoms with van der Waals surface area (Å²) in [6, 6.07) is 5.14. The van der Waals surface area contributed by atoms with Crippen molar-refractivity contribution in [3.05, 3.63) is 24.4 Å². The van der Waals surface area contributed by atoms with Gasteiger partial charge in [-0.25, -0.2) is 13.4 Å². The van der Waals surface area contributed by atoms with Gasteiger partial charge in [0.25, 0.3) is 0 Å². The van der Waals surface area contributed by atoms with Crippen molar-refractivity contribution < 1.29 is 8.42 Å². The summed E-state index contributed by atoms with van der Waals surface area (Å²) in [5, 5.41) is 0. The summed E-state index contributed by atoms with van der Waals surface area (Å²) >= 11 is 0. The van der Waals surface area contributed by atoms with Gasteiger partial charge >= 0.3 is 0 Å². The fourth-order valence-electron chi connectivity index (χ4n) is 1.13. The quantitative estimate of drug-likeness (QED) is 0.823. The van der Waals surface area contributed by atoms with Crippen molar-refractivity contribution in [1.82, 2.24) is 4.98 Å². The van der Waals surface area contributed by atoms with Crippen molar-refractivity contribution >= 4 is 15.8 Å². The molecule has 0 unspecified atom stereocenters. The minimum absolute atomic E-state index is 0.389. The van der Waals surface area contributed by atoms with Crippen LogP contribution in [-0.4, -0.2) is 18.1 Å². The summed E-state index contributed by atoms with van der Waals surface area (Å²) in [6.07, 6.45) is 3.03. The molecule has 2 rings (SSSR count). The Labute approximate surface area is 83.4 Å². The Bertz CT molecular complexity index is 423. The molecule has 0 atom stereocenters. The van der Waals surface area contributed by atoms with Gasteiger partial charge < -0.3 is 0 Å². The van der Waals surface area contributed by atoms with Crippen molar-refractivity contribution in [3.8, 4) is 0 Å². The van der Waals surface area contributed by atoms with Crippen LogP contribution in [0, 0.1) is 0 Å². The number of hydrogen-bond acceptors (Lipinski definition) is 3. The van der Waals surface area contributed by atoms with Gasteiger partial charge in [-0.3, -0.25) is 4.72 Å². The Kier molecular flexibility index (Phi) is 1.99. The summed E-state index contributed by atoms with van der Waals surface area (Å²) in [4.78, 5) is 3.91. The molecule has 0 amide bonds. The van der Waals surface area contributed by atoms with Crippen LogP contribution in [0.2, 0.25) is 0 Å². The van der Waals surface area contributed by atoms with Crippen LogP contribution < -0.4 is 4.72 Å². The molecule has 0 spiro atoms. The molecule has 1 saturated carbocycles. The first-order chi connectivity index (χ1) is 6.54. The Balaban J connectivity index is 2.20. The molecule has 0 aliphatic heterocycles. The largest absolute Gasteiger partial charge is 0.267 e. The average Bonchev–Trinajstić information content (AvgIpc) is 2.86. The molecule has 1 N–H and O–H groups in total. The molecule has 14 heavy (non-hydrogen) atoms. The number of rotatable bonds is 3. The first-order valence-corrected chi connectivity index (χ1v) is 5.95. The van der Waals surface area contributed by atoms with Crippen LogP contribution in [0.25, 0.3) is 0 Å². The zero-order chi connectivity index (χ0) is 10.2. The zero-order valence-corrected chi connectivity index (χ0v) is 8.71. The molecule has 0 saturated heterocycles. The Hall–Kier alpha value is -1.10. The number of pyridine rings is 1. The smallest absolute Gasteiger partial charge is 0.239 e. The maximum Gasteiger partial charge on any atom is 0.239 e. The van der Waals surface area contributed by atoms with Gasteiger partial charge in [0.2, 0.25) is 10.0 Å². The maximum atomic E-state index is 11.7. The average molecular weight is 212 g/mol. The number of anilines is 1. The van der Waals surface area contributed by atoms with E-state index in [0.29, 0.717) is 5.82 Å². The third-order valence-corrected chi connectivity index (χ3v) is 4.69. The lowest BCUT2D eigenvalue weighted by atomic mass is 10.5. The predicted molar refractivity (Wildman–Crippen MR) is 54.4 cm³/mol. The highest BCUT2D eigenvalue weighted by Crippen LogP contribution is 2.43. The highest BCUT2D eigenvalue weighted by molar-refractivity contribution is 7.94. The topological polar surface area (TPSA) is 59.1 Å². The van der Waals surface area contributed by atoms with Gasteiger partial charge in [-0.05, 0) is 31.9 Å². The lowest BCUT2D eigenvalue weighted by Crippen LogP contribution is -2.27. The van der Waals surface area contributed by atoms with Gasteiger partial charge in [-0.1, -0.05) is 6.07 Å². The molecular formula is C9H12N2O2S. The Morgan fingerprint density at radius 3 is 2.64 bits per heavy atom. The van der Waals surface area contributed by atoms with Crippen LogP contribution in [-0.2, 0) is 10.0 Å². The maximum absolute atomic E-state index is 11.7. The fourth-order valence-corrected chi connectivity index (χ4v) is 2.41. The Morgan fingerprint density at radius 2 is 2.14 bits per heavy atom. The molecule has 0 bridgehead atoms. The second-order valence-corrected chi connectivity index (χ2v) is 5.97. The van der Waals surface area contributed by atoms with Crippen molar-refractivity contribution in [2.75, 3.05) is 4.72 Å². The van der Waals surface area contributed by atoms with E-state index >= 15 is 0 Å². The summed E-state index contributed by atoms with van der Waals surface area (Å²) in [5.74, 6) is 0.389. The highest BCUT2D eigenvalue weighted by atomic mass is 32.2. The van der Waals surface area contributed by atoms with Gasteiger partial charge in [-0.15, -0.1) is 0 Å². The van der Waals surface area contributed by atoms with Crippen LogP contribution in [0.3, 0.4) is 0 Å². The molecule has 1 aromatic rings. The van der Waals surface area contributed by atoms with Crippen LogP contribution in [0.5, 0.6) is 0 Å². The van der Waals surface area contributed by atoms with Crippen molar-refractivity contribution in [2.24, 2.45) is 0 Å². The SMILES string of the molecule is CC1(S(=O)(=O)Nc2ccccn2)CC1. The third kappa shape index (κ3) is 1.59. The standard InChI is InChI=1S/C9H12N2O2S/c1-9(5-6-9)14(12,13)11-8-4-2-3-7-10-8/h2-4,7H,5-6H2,1H3,(H,10,11). The van der Waals surface area contributed by atoms with Crippen LogP contribution >= 0.6 is 0 Å². The van der Waals surface area contributed by atoms with Crippen LogP contribution in [0.1, 0.15) is 19.8 Å².